The Morgan fingerprint density at radius 1 is 1.13 bits per heavy atom. The van der Waals surface area contributed by atoms with Crippen molar-refractivity contribution < 1.29 is 18.6 Å². The molecule has 0 radical (unpaired) electrons. The molecule has 1 aromatic heterocycles. The number of aromatic nitrogens is 1. The first-order chi connectivity index (χ1) is 15.1. The van der Waals surface area contributed by atoms with Crippen LogP contribution in [0.25, 0.3) is 0 Å². The van der Waals surface area contributed by atoms with Gasteiger partial charge in [-0.25, -0.2) is 9.37 Å². The molecule has 1 heterocycles. The number of rotatable bonds is 11. The summed E-state index contributed by atoms with van der Waals surface area (Å²) in [6.45, 7) is 2.07. The van der Waals surface area contributed by atoms with Gasteiger partial charge in [-0.1, -0.05) is 39.7 Å². The lowest BCUT2D eigenvalue weighted by Gasteiger charge is -2.17. The predicted molar refractivity (Wildman–Crippen MR) is 122 cm³/mol. The summed E-state index contributed by atoms with van der Waals surface area (Å²) in [5.41, 5.74) is 1.61. The van der Waals surface area contributed by atoms with Crippen LogP contribution in [-0.4, -0.2) is 25.2 Å². The summed E-state index contributed by atoms with van der Waals surface area (Å²) in [6.07, 6.45) is 2.52. The van der Waals surface area contributed by atoms with Gasteiger partial charge in [-0.05, 0) is 43.3 Å². The van der Waals surface area contributed by atoms with E-state index in [9.17, 15) is 4.39 Å². The number of ether oxygens (including phenoxy) is 3. The summed E-state index contributed by atoms with van der Waals surface area (Å²) in [6, 6.07) is 13.6. The summed E-state index contributed by atoms with van der Waals surface area (Å²) >= 11 is 9.72. The summed E-state index contributed by atoms with van der Waals surface area (Å²) in [7, 11) is 1.59. The lowest BCUT2D eigenvalue weighted by molar-refractivity contribution is 0.279. The highest BCUT2D eigenvalue weighted by Gasteiger charge is 2.15. The Hall–Kier alpha value is -2.35. The van der Waals surface area contributed by atoms with E-state index in [0.29, 0.717) is 41.1 Å². The van der Waals surface area contributed by atoms with Crippen molar-refractivity contribution in [2.75, 3.05) is 20.3 Å². The Morgan fingerprint density at radius 3 is 2.74 bits per heavy atom. The molecule has 2 aromatic carbocycles. The van der Waals surface area contributed by atoms with Crippen molar-refractivity contribution in [1.82, 2.24) is 10.3 Å². The molecule has 0 unspecified atom stereocenters. The molecule has 3 rings (SSSR count). The molecule has 0 aliphatic rings. The molecule has 0 bridgehead atoms. The molecule has 0 fully saturated rings. The van der Waals surface area contributed by atoms with E-state index >= 15 is 0 Å². The van der Waals surface area contributed by atoms with Crippen molar-refractivity contribution >= 4 is 27.5 Å². The highest BCUT2D eigenvalue weighted by atomic mass is 79.9. The first-order valence-corrected chi connectivity index (χ1v) is 10.9. The second-order valence-corrected chi connectivity index (χ2v) is 7.89. The van der Waals surface area contributed by atoms with Crippen molar-refractivity contribution in [2.24, 2.45) is 0 Å². The van der Waals surface area contributed by atoms with E-state index in [0.717, 1.165) is 23.0 Å². The van der Waals surface area contributed by atoms with Crippen LogP contribution in [-0.2, 0) is 13.2 Å². The number of nitrogens with zero attached hydrogens (tertiary/aromatic N) is 1. The molecular formula is C23H23BrClFN2O3. The summed E-state index contributed by atoms with van der Waals surface area (Å²) in [5.74, 6) is 1.45. The Kier molecular flexibility index (Phi) is 8.94. The van der Waals surface area contributed by atoms with Gasteiger partial charge in [-0.2, -0.15) is 0 Å². The van der Waals surface area contributed by atoms with Crippen molar-refractivity contribution in [2.45, 2.75) is 19.6 Å². The smallest absolute Gasteiger partial charge is 0.213 e. The normalized spacial score (nSPS) is 10.7. The number of nitrogens with one attached hydrogen (secondary N) is 1. The maximum absolute atomic E-state index is 13.3. The van der Waals surface area contributed by atoms with Gasteiger partial charge in [-0.3, -0.25) is 0 Å². The van der Waals surface area contributed by atoms with E-state index in [1.807, 2.05) is 30.3 Å². The summed E-state index contributed by atoms with van der Waals surface area (Å²) < 4.78 is 31.3. The predicted octanol–water partition coefficient (Wildman–Crippen LogP) is 5.78. The Morgan fingerprint density at radius 2 is 2.00 bits per heavy atom. The third kappa shape index (κ3) is 6.82. The zero-order valence-corrected chi connectivity index (χ0v) is 19.4. The van der Waals surface area contributed by atoms with Crippen molar-refractivity contribution in [3.8, 4) is 17.4 Å². The highest BCUT2D eigenvalue weighted by Crippen LogP contribution is 2.37. The average molecular weight is 510 g/mol. The largest absolute Gasteiger partial charge is 0.493 e. The molecule has 31 heavy (non-hydrogen) atoms. The van der Waals surface area contributed by atoms with Crippen LogP contribution in [0, 0.1) is 5.82 Å². The van der Waals surface area contributed by atoms with Crippen LogP contribution in [0.2, 0.25) is 5.02 Å². The van der Waals surface area contributed by atoms with Crippen molar-refractivity contribution in [3.63, 3.8) is 0 Å². The monoisotopic (exact) mass is 508 g/mol. The van der Waals surface area contributed by atoms with Gasteiger partial charge < -0.3 is 19.5 Å². The van der Waals surface area contributed by atoms with E-state index in [1.165, 1.54) is 12.1 Å². The Labute approximate surface area is 194 Å². The van der Waals surface area contributed by atoms with Crippen LogP contribution in [0.15, 0.2) is 59.2 Å². The fraction of sp³-hybridized carbons (Fsp3) is 0.261. The molecular weight excluding hydrogens is 487 g/mol. The fourth-order valence-electron chi connectivity index (χ4n) is 2.87. The first kappa shape index (κ1) is 23.3. The van der Waals surface area contributed by atoms with Crippen LogP contribution in [0.4, 0.5) is 4.39 Å². The maximum Gasteiger partial charge on any atom is 0.213 e. The fourth-order valence-corrected chi connectivity index (χ4v) is 3.55. The Bertz CT molecular complexity index is 992. The second kappa shape index (κ2) is 11.9. The van der Waals surface area contributed by atoms with Gasteiger partial charge in [0.25, 0.3) is 0 Å². The third-order valence-corrected chi connectivity index (χ3v) is 5.56. The molecule has 5 nitrogen and oxygen atoms in total. The third-order valence-electron chi connectivity index (χ3n) is 4.46. The van der Waals surface area contributed by atoms with Crippen molar-refractivity contribution in [1.29, 1.82) is 0 Å². The van der Waals surface area contributed by atoms with Crippen LogP contribution >= 0.6 is 27.5 Å². The van der Waals surface area contributed by atoms with Crippen LogP contribution in [0.5, 0.6) is 17.4 Å². The van der Waals surface area contributed by atoms with Crippen molar-refractivity contribution in [3.05, 3.63) is 81.2 Å². The molecule has 8 heteroatoms. The molecule has 0 saturated carbocycles. The van der Waals surface area contributed by atoms with Gasteiger partial charge in [0.15, 0.2) is 11.5 Å². The molecule has 1 N–H and O–H groups in total. The quantitative estimate of drug-likeness (QED) is 0.332. The number of hydrogen-bond acceptors (Lipinski definition) is 5. The topological polar surface area (TPSA) is 52.6 Å². The lowest BCUT2D eigenvalue weighted by Crippen LogP contribution is -2.18. The maximum atomic E-state index is 13.3. The molecule has 0 spiro atoms. The number of halogens is 3. The van der Waals surface area contributed by atoms with Gasteiger partial charge in [-0.15, -0.1) is 0 Å². The lowest BCUT2D eigenvalue weighted by atomic mass is 10.1. The second-order valence-electron chi connectivity index (χ2n) is 6.63. The van der Waals surface area contributed by atoms with E-state index < -0.39 is 0 Å². The first-order valence-electron chi connectivity index (χ1n) is 9.75. The van der Waals surface area contributed by atoms with Gasteiger partial charge in [0.2, 0.25) is 5.88 Å². The van der Waals surface area contributed by atoms with Gasteiger partial charge in [0, 0.05) is 34.4 Å². The number of benzene rings is 2. The van der Waals surface area contributed by atoms with Crippen LogP contribution < -0.4 is 19.5 Å². The molecule has 0 atom stereocenters. The minimum Gasteiger partial charge on any atom is -0.493 e. The number of pyridine rings is 1. The van der Waals surface area contributed by atoms with Gasteiger partial charge in [0.1, 0.15) is 12.4 Å². The van der Waals surface area contributed by atoms with E-state index in [2.05, 4.69) is 26.2 Å². The molecule has 3 aromatic rings. The van der Waals surface area contributed by atoms with Gasteiger partial charge in [0.05, 0.1) is 18.7 Å². The Balaban J connectivity index is 1.58. The molecule has 0 amide bonds. The SMILES string of the molecule is COc1ccc(Br)c(CNCCCOc2ccccn2)c1OCc1ccc(F)cc1Cl. The van der Waals surface area contributed by atoms with Crippen LogP contribution in [0.3, 0.4) is 0 Å². The minimum atomic E-state index is -0.384. The molecule has 164 valence electrons. The standard InChI is InChI=1S/C23H23BrClFN2O3/c1-29-21-9-8-19(24)18(14-27-10-4-12-30-22-5-2-3-11-28-22)23(21)31-15-16-6-7-17(26)13-20(16)25/h2-3,5-9,11,13,27H,4,10,12,14-15H2,1H3. The average Bonchev–Trinajstić information content (AvgIpc) is 2.77. The minimum absolute atomic E-state index is 0.191. The highest BCUT2D eigenvalue weighted by molar-refractivity contribution is 9.10. The van der Waals surface area contributed by atoms with E-state index in [-0.39, 0.29) is 12.4 Å². The molecule has 0 aliphatic heterocycles. The zero-order chi connectivity index (χ0) is 22.1. The number of hydrogen-bond donors (Lipinski definition) is 1. The summed E-state index contributed by atoms with van der Waals surface area (Å²) in [4.78, 5) is 4.13. The zero-order valence-electron chi connectivity index (χ0n) is 17.0. The molecule has 0 saturated heterocycles. The van der Waals surface area contributed by atoms with E-state index in [4.69, 9.17) is 25.8 Å². The van der Waals surface area contributed by atoms with Gasteiger partial charge >= 0.3 is 0 Å². The van der Waals surface area contributed by atoms with Crippen LogP contribution in [0.1, 0.15) is 17.5 Å². The van der Waals surface area contributed by atoms with E-state index in [1.54, 1.807) is 19.4 Å². The molecule has 0 aliphatic carbocycles. The number of methoxy groups -OCH3 is 1. The summed E-state index contributed by atoms with van der Waals surface area (Å²) in [5, 5.41) is 3.72.